The van der Waals surface area contributed by atoms with Crippen molar-refractivity contribution >= 4 is 17.2 Å². The van der Waals surface area contributed by atoms with E-state index in [1.807, 2.05) is 0 Å². The molecule has 1 aromatic carbocycles. The largest absolute Gasteiger partial charge is 0.492 e. The molecule has 2 N–H and O–H groups in total. The summed E-state index contributed by atoms with van der Waals surface area (Å²) >= 11 is 4.89. The molecule has 0 aliphatic rings. The Morgan fingerprint density at radius 1 is 1.29 bits per heavy atom. The highest BCUT2D eigenvalue weighted by molar-refractivity contribution is 7.80. The molecule has 7 heteroatoms. The van der Waals surface area contributed by atoms with E-state index in [1.165, 1.54) is 22.4 Å². The van der Waals surface area contributed by atoms with Gasteiger partial charge in [-0.3, -0.25) is 9.59 Å². The molecular weight excluding hydrogens is 290 g/mol. The number of benzene rings is 1. The first-order valence-electron chi connectivity index (χ1n) is 6.28. The molecule has 1 heterocycles. The third kappa shape index (κ3) is 3.57. The molecule has 6 nitrogen and oxygen atoms in total. The summed E-state index contributed by atoms with van der Waals surface area (Å²) in [4.78, 5) is 23.5. The van der Waals surface area contributed by atoms with E-state index in [4.69, 9.17) is 22.7 Å². The molecule has 110 valence electrons. The Morgan fingerprint density at radius 2 is 2.05 bits per heavy atom. The minimum Gasteiger partial charge on any atom is -0.492 e. The number of hydrogen-bond donors (Lipinski definition) is 1. The van der Waals surface area contributed by atoms with Gasteiger partial charge in [0.2, 0.25) is 0 Å². The zero-order valence-electron chi connectivity index (χ0n) is 11.5. The lowest BCUT2D eigenvalue weighted by Gasteiger charge is -2.09. The number of thiocarbonyl (C=S) groups is 1. The molecule has 0 radical (unpaired) electrons. The van der Waals surface area contributed by atoms with Crippen LogP contribution in [0.25, 0.3) is 0 Å². The Kier molecular flexibility index (Phi) is 4.54. The van der Waals surface area contributed by atoms with Crippen LogP contribution in [-0.4, -0.2) is 20.7 Å². The molecule has 0 saturated heterocycles. The van der Waals surface area contributed by atoms with Gasteiger partial charge in [0.05, 0.1) is 6.54 Å². The summed E-state index contributed by atoms with van der Waals surface area (Å²) in [6, 6.07) is 7.08. The number of ether oxygens (including phenoxy) is 1. The molecule has 0 unspecified atom stereocenters. The highest BCUT2D eigenvalue weighted by Crippen LogP contribution is 2.13. The van der Waals surface area contributed by atoms with Gasteiger partial charge in [0.25, 0.3) is 0 Å². The molecule has 0 spiro atoms. The molecular formula is C14H15N3O3S. The SMILES string of the molecule is Cn1ccn(CCOc2cccc(C(N)=S)c2)c(=O)c1=O. The van der Waals surface area contributed by atoms with Crippen molar-refractivity contribution in [2.24, 2.45) is 12.8 Å². The molecule has 0 fully saturated rings. The zero-order valence-corrected chi connectivity index (χ0v) is 12.3. The highest BCUT2D eigenvalue weighted by Gasteiger charge is 2.03. The maximum absolute atomic E-state index is 11.7. The normalized spacial score (nSPS) is 10.3. The maximum Gasteiger partial charge on any atom is 0.316 e. The minimum absolute atomic E-state index is 0.258. The summed E-state index contributed by atoms with van der Waals surface area (Å²) in [5.74, 6) is 0.609. The van der Waals surface area contributed by atoms with Crippen LogP contribution in [0, 0.1) is 0 Å². The smallest absolute Gasteiger partial charge is 0.316 e. The van der Waals surface area contributed by atoms with Gasteiger partial charge in [-0.15, -0.1) is 0 Å². The molecule has 2 aromatic rings. The first kappa shape index (κ1) is 15.0. The molecule has 21 heavy (non-hydrogen) atoms. The molecule has 1 aromatic heterocycles. The topological polar surface area (TPSA) is 79.2 Å². The minimum atomic E-state index is -0.569. The van der Waals surface area contributed by atoms with E-state index in [1.54, 1.807) is 30.5 Å². The predicted octanol–water partition coefficient (Wildman–Crippen LogP) is 0.260. The Hall–Kier alpha value is -2.41. The van der Waals surface area contributed by atoms with Gasteiger partial charge in [-0.2, -0.15) is 0 Å². The van der Waals surface area contributed by atoms with Crippen LogP contribution >= 0.6 is 12.2 Å². The van der Waals surface area contributed by atoms with Crippen LogP contribution in [0.15, 0.2) is 46.2 Å². The lowest BCUT2D eigenvalue weighted by Crippen LogP contribution is -2.40. The van der Waals surface area contributed by atoms with Crippen molar-refractivity contribution in [3.63, 3.8) is 0 Å². The van der Waals surface area contributed by atoms with E-state index in [-0.39, 0.29) is 13.2 Å². The molecule has 0 saturated carbocycles. The van der Waals surface area contributed by atoms with Crippen molar-refractivity contribution in [2.45, 2.75) is 6.54 Å². The fraction of sp³-hybridized carbons (Fsp3) is 0.214. The molecule has 0 aliphatic heterocycles. The second-order valence-corrected chi connectivity index (χ2v) is 4.89. The van der Waals surface area contributed by atoms with Crippen LogP contribution < -0.4 is 21.6 Å². The number of nitrogens with two attached hydrogens (primary N) is 1. The van der Waals surface area contributed by atoms with Gasteiger partial charge >= 0.3 is 11.1 Å². The van der Waals surface area contributed by atoms with Gasteiger partial charge in [-0.25, -0.2) is 0 Å². The number of aromatic nitrogens is 2. The average molecular weight is 305 g/mol. The van der Waals surface area contributed by atoms with Gasteiger partial charge in [0.15, 0.2) is 0 Å². The Labute approximate surface area is 126 Å². The standard InChI is InChI=1S/C14H15N3O3S/c1-16-5-6-17(14(19)13(16)18)7-8-20-11-4-2-3-10(9-11)12(15)21/h2-6,9H,7-8H2,1H3,(H2,15,21). The fourth-order valence-corrected chi connectivity index (χ4v) is 1.89. The third-order valence-corrected chi connectivity index (χ3v) is 3.19. The summed E-state index contributed by atoms with van der Waals surface area (Å²) in [7, 11) is 1.53. The maximum atomic E-state index is 11.7. The number of hydrogen-bond acceptors (Lipinski definition) is 4. The van der Waals surface area contributed by atoms with Gasteiger partial charge in [0.1, 0.15) is 17.3 Å². The van der Waals surface area contributed by atoms with Crippen molar-refractivity contribution in [1.29, 1.82) is 0 Å². The summed E-state index contributed by atoms with van der Waals surface area (Å²) in [6.45, 7) is 0.542. The molecule has 0 atom stereocenters. The van der Waals surface area contributed by atoms with E-state index in [9.17, 15) is 9.59 Å². The van der Waals surface area contributed by atoms with E-state index < -0.39 is 11.1 Å². The van der Waals surface area contributed by atoms with E-state index >= 15 is 0 Å². The van der Waals surface area contributed by atoms with E-state index in [0.717, 1.165) is 0 Å². The van der Waals surface area contributed by atoms with Crippen LogP contribution in [0.5, 0.6) is 5.75 Å². The Morgan fingerprint density at radius 3 is 2.76 bits per heavy atom. The third-order valence-electron chi connectivity index (χ3n) is 2.95. The van der Waals surface area contributed by atoms with Crippen molar-refractivity contribution in [3.8, 4) is 5.75 Å². The lowest BCUT2D eigenvalue weighted by atomic mass is 10.2. The first-order chi connectivity index (χ1) is 9.99. The van der Waals surface area contributed by atoms with Crippen molar-refractivity contribution in [1.82, 2.24) is 9.13 Å². The molecule has 2 rings (SSSR count). The first-order valence-corrected chi connectivity index (χ1v) is 6.68. The van der Waals surface area contributed by atoms with Gasteiger partial charge in [0, 0.05) is 25.0 Å². The van der Waals surface area contributed by atoms with E-state index in [2.05, 4.69) is 0 Å². The Bertz CT molecular complexity index is 780. The quantitative estimate of drug-likeness (QED) is 0.633. The summed E-state index contributed by atoms with van der Waals surface area (Å²) in [5.41, 5.74) is 5.13. The van der Waals surface area contributed by atoms with Gasteiger partial charge in [-0.1, -0.05) is 24.4 Å². The van der Waals surface area contributed by atoms with Crippen LogP contribution in [0.3, 0.4) is 0 Å². The monoisotopic (exact) mass is 305 g/mol. The van der Waals surface area contributed by atoms with Crippen molar-refractivity contribution < 1.29 is 4.74 Å². The van der Waals surface area contributed by atoms with Crippen molar-refractivity contribution in [3.05, 3.63) is 62.9 Å². The molecule has 0 aliphatic carbocycles. The van der Waals surface area contributed by atoms with Gasteiger partial charge < -0.3 is 19.6 Å². The summed E-state index contributed by atoms with van der Waals surface area (Å²) in [5, 5.41) is 0. The van der Waals surface area contributed by atoms with Gasteiger partial charge in [-0.05, 0) is 12.1 Å². The fourth-order valence-electron chi connectivity index (χ4n) is 1.77. The summed E-state index contributed by atoms with van der Waals surface area (Å²) in [6.07, 6.45) is 3.09. The lowest BCUT2D eigenvalue weighted by molar-refractivity contribution is 0.295. The highest BCUT2D eigenvalue weighted by atomic mass is 32.1. The van der Waals surface area contributed by atoms with Crippen LogP contribution in [0.2, 0.25) is 0 Å². The van der Waals surface area contributed by atoms with E-state index in [0.29, 0.717) is 16.3 Å². The molecule has 0 amide bonds. The Balaban J connectivity index is 2.04. The summed E-state index contributed by atoms with van der Waals surface area (Å²) < 4.78 is 8.10. The number of aryl methyl sites for hydroxylation is 1. The van der Waals surface area contributed by atoms with Crippen LogP contribution in [0.4, 0.5) is 0 Å². The second-order valence-electron chi connectivity index (χ2n) is 4.45. The average Bonchev–Trinajstić information content (AvgIpc) is 2.47. The van der Waals surface area contributed by atoms with Crippen LogP contribution in [0.1, 0.15) is 5.56 Å². The molecule has 0 bridgehead atoms. The van der Waals surface area contributed by atoms with Crippen LogP contribution in [-0.2, 0) is 13.6 Å². The predicted molar refractivity (Wildman–Crippen MR) is 83.8 cm³/mol. The number of nitrogens with zero attached hydrogens (tertiary/aromatic N) is 2. The second kappa shape index (κ2) is 6.36. The number of rotatable bonds is 5. The zero-order chi connectivity index (χ0) is 15.4. The van der Waals surface area contributed by atoms with Crippen molar-refractivity contribution in [2.75, 3.05) is 6.61 Å².